The van der Waals surface area contributed by atoms with Crippen LogP contribution in [0.25, 0.3) is 0 Å². The van der Waals surface area contributed by atoms with Gasteiger partial charge in [0.25, 0.3) is 0 Å². The van der Waals surface area contributed by atoms with Crippen molar-refractivity contribution in [1.29, 1.82) is 0 Å². The first-order valence-corrected chi connectivity index (χ1v) is 9.18. The molecule has 0 spiro atoms. The van der Waals surface area contributed by atoms with Crippen molar-refractivity contribution >= 4 is 11.7 Å². The molecule has 27 heavy (non-hydrogen) atoms. The van der Waals surface area contributed by atoms with Crippen LogP contribution in [0.4, 0.5) is 0 Å². The van der Waals surface area contributed by atoms with Gasteiger partial charge in [0.05, 0.1) is 31.5 Å². The van der Waals surface area contributed by atoms with Crippen molar-refractivity contribution in [2.24, 2.45) is 5.10 Å². The van der Waals surface area contributed by atoms with Gasteiger partial charge in [-0.25, -0.2) is 4.79 Å². The number of rotatable bonds is 12. The zero-order valence-corrected chi connectivity index (χ0v) is 16.5. The normalized spacial score (nSPS) is 12.1. The van der Waals surface area contributed by atoms with Crippen LogP contribution >= 0.6 is 0 Å². The lowest BCUT2D eigenvalue weighted by Gasteiger charge is -2.06. The summed E-state index contributed by atoms with van der Waals surface area (Å²) >= 11 is 0. The summed E-state index contributed by atoms with van der Waals surface area (Å²) in [6.07, 6.45) is 9.98. The van der Waals surface area contributed by atoms with Crippen molar-refractivity contribution in [2.45, 2.75) is 33.1 Å². The Morgan fingerprint density at radius 3 is 2.63 bits per heavy atom. The maximum atomic E-state index is 11.4. The number of carbonyl (C=O) groups is 1. The summed E-state index contributed by atoms with van der Waals surface area (Å²) in [6.45, 7) is 9.05. The summed E-state index contributed by atoms with van der Waals surface area (Å²) < 4.78 is 10.3. The van der Waals surface area contributed by atoms with Crippen LogP contribution in [0.5, 0.6) is 5.75 Å². The third-order valence-corrected chi connectivity index (χ3v) is 3.78. The van der Waals surface area contributed by atoms with E-state index in [4.69, 9.17) is 4.74 Å². The van der Waals surface area contributed by atoms with Gasteiger partial charge in [0.1, 0.15) is 5.75 Å². The fourth-order valence-corrected chi connectivity index (χ4v) is 2.15. The Balaban J connectivity index is 2.40. The molecule has 1 aromatic rings. The largest absolute Gasteiger partial charge is 0.494 e. The Morgan fingerprint density at radius 1 is 1.26 bits per heavy atom. The SMILES string of the molecule is C=CC(=CC/C=C/CN/N=C(\C)c1ccc(OCCCC)cc1)C(=O)OC. The highest BCUT2D eigenvalue weighted by Crippen LogP contribution is 2.13. The fourth-order valence-electron chi connectivity index (χ4n) is 2.15. The monoisotopic (exact) mass is 370 g/mol. The lowest BCUT2D eigenvalue weighted by atomic mass is 10.1. The second-order valence-corrected chi connectivity index (χ2v) is 5.85. The number of carbonyl (C=O) groups excluding carboxylic acids is 1. The van der Waals surface area contributed by atoms with Gasteiger partial charge in [-0.1, -0.05) is 44.2 Å². The average Bonchev–Trinajstić information content (AvgIpc) is 2.70. The van der Waals surface area contributed by atoms with E-state index >= 15 is 0 Å². The smallest absolute Gasteiger partial charge is 0.337 e. The quantitative estimate of drug-likeness (QED) is 0.113. The van der Waals surface area contributed by atoms with Crippen LogP contribution in [-0.4, -0.2) is 31.9 Å². The Morgan fingerprint density at radius 2 is 2.00 bits per heavy atom. The van der Waals surface area contributed by atoms with Crippen molar-refractivity contribution in [1.82, 2.24) is 5.43 Å². The number of ether oxygens (including phenoxy) is 2. The lowest BCUT2D eigenvalue weighted by molar-refractivity contribution is -0.135. The zero-order chi connectivity index (χ0) is 19.9. The summed E-state index contributed by atoms with van der Waals surface area (Å²) in [5.41, 5.74) is 5.43. The van der Waals surface area contributed by atoms with Gasteiger partial charge >= 0.3 is 5.97 Å². The van der Waals surface area contributed by atoms with Crippen LogP contribution in [0.2, 0.25) is 0 Å². The summed E-state index contributed by atoms with van der Waals surface area (Å²) in [7, 11) is 1.35. The molecular weight excluding hydrogens is 340 g/mol. The molecule has 0 saturated heterocycles. The molecule has 0 aliphatic heterocycles. The first-order chi connectivity index (χ1) is 13.1. The lowest BCUT2D eigenvalue weighted by Crippen LogP contribution is -2.09. The maximum Gasteiger partial charge on any atom is 0.337 e. The molecule has 0 unspecified atom stereocenters. The number of nitrogens with one attached hydrogen (secondary N) is 1. The van der Waals surface area contributed by atoms with Gasteiger partial charge < -0.3 is 14.9 Å². The minimum absolute atomic E-state index is 0.376. The Hall–Kier alpha value is -2.82. The van der Waals surface area contributed by atoms with Gasteiger partial charge in [-0.3, -0.25) is 0 Å². The highest BCUT2D eigenvalue weighted by Gasteiger charge is 2.02. The van der Waals surface area contributed by atoms with E-state index < -0.39 is 0 Å². The second kappa shape index (κ2) is 13.4. The maximum absolute atomic E-state index is 11.4. The number of benzene rings is 1. The number of allylic oxidation sites excluding steroid dienone is 2. The molecular formula is C22H30N2O3. The van der Waals surface area contributed by atoms with Crippen molar-refractivity contribution in [3.63, 3.8) is 0 Å². The zero-order valence-electron chi connectivity index (χ0n) is 16.5. The molecule has 0 amide bonds. The number of methoxy groups -OCH3 is 1. The van der Waals surface area contributed by atoms with E-state index in [1.807, 2.05) is 43.3 Å². The van der Waals surface area contributed by atoms with Crippen LogP contribution in [0.1, 0.15) is 38.7 Å². The molecule has 1 N–H and O–H groups in total. The van der Waals surface area contributed by atoms with Crippen LogP contribution in [-0.2, 0) is 9.53 Å². The molecule has 146 valence electrons. The van der Waals surface area contributed by atoms with Crippen LogP contribution in [0.3, 0.4) is 0 Å². The molecule has 0 heterocycles. The number of esters is 1. The van der Waals surface area contributed by atoms with Crippen molar-refractivity contribution < 1.29 is 14.3 Å². The first kappa shape index (κ1) is 22.2. The molecule has 1 aromatic carbocycles. The van der Waals surface area contributed by atoms with Crippen molar-refractivity contribution in [3.8, 4) is 5.75 Å². The summed E-state index contributed by atoms with van der Waals surface area (Å²) in [5, 5.41) is 4.36. The van der Waals surface area contributed by atoms with Gasteiger partial charge in [0.2, 0.25) is 0 Å². The Kier molecular flexibility index (Phi) is 11.0. The molecule has 5 nitrogen and oxygen atoms in total. The number of hydrazone groups is 1. The van der Waals surface area contributed by atoms with E-state index in [2.05, 4.69) is 28.8 Å². The van der Waals surface area contributed by atoms with Gasteiger partial charge in [0.15, 0.2) is 0 Å². The van der Waals surface area contributed by atoms with E-state index in [1.165, 1.54) is 13.2 Å². The Labute approximate surface area is 162 Å². The van der Waals surface area contributed by atoms with Gasteiger partial charge in [0, 0.05) is 0 Å². The molecule has 0 bridgehead atoms. The summed E-state index contributed by atoms with van der Waals surface area (Å²) in [6, 6.07) is 7.95. The molecule has 1 rings (SSSR count). The van der Waals surface area contributed by atoms with Crippen molar-refractivity contribution in [2.75, 3.05) is 20.3 Å². The molecule has 0 fully saturated rings. The predicted molar refractivity (Wildman–Crippen MR) is 111 cm³/mol. The third-order valence-electron chi connectivity index (χ3n) is 3.78. The van der Waals surface area contributed by atoms with Crippen LogP contribution < -0.4 is 10.2 Å². The van der Waals surface area contributed by atoms with Crippen LogP contribution in [0, 0.1) is 0 Å². The fraction of sp³-hybridized carbons (Fsp3) is 0.364. The van der Waals surface area contributed by atoms with E-state index in [0.717, 1.165) is 36.5 Å². The number of hydrogen-bond acceptors (Lipinski definition) is 5. The standard InChI is InChI=1S/C22H30N2O3/c1-5-7-17-27-21-14-12-20(13-15-21)18(3)24-23-16-10-8-9-11-19(6-2)22(25)26-4/h6,8,10-15,23H,2,5,7,9,16-17H2,1,3-4H3/b10-8+,19-11?,24-18+. The predicted octanol–water partition coefficient (Wildman–Crippen LogP) is 4.41. The first-order valence-electron chi connectivity index (χ1n) is 9.18. The summed E-state index contributed by atoms with van der Waals surface area (Å²) in [5.74, 6) is 0.508. The minimum Gasteiger partial charge on any atom is -0.494 e. The molecule has 0 aliphatic rings. The van der Waals surface area contributed by atoms with E-state index in [0.29, 0.717) is 18.5 Å². The Bertz CT molecular complexity index is 673. The van der Waals surface area contributed by atoms with E-state index in [1.54, 1.807) is 6.08 Å². The topological polar surface area (TPSA) is 59.9 Å². The molecule has 0 aromatic heterocycles. The average molecular weight is 370 g/mol. The summed E-state index contributed by atoms with van der Waals surface area (Å²) in [4.78, 5) is 11.4. The van der Waals surface area contributed by atoms with Crippen LogP contribution in [0.15, 0.2) is 65.8 Å². The van der Waals surface area contributed by atoms with Gasteiger partial charge in [-0.05, 0) is 49.6 Å². The van der Waals surface area contributed by atoms with E-state index in [9.17, 15) is 4.79 Å². The molecule has 5 heteroatoms. The molecule has 0 aliphatic carbocycles. The highest BCUT2D eigenvalue weighted by atomic mass is 16.5. The molecule has 0 radical (unpaired) electrons. The van der Waals surface area contributed by atoms with Crippen molar-refractivity contribution in [3.05, 3.63) is 66.3 Å². The number of unbranched alkanes of at least 4 members (excludes halogenated alkanes) is 1. The minimum atomic E-state index is -0.376. The highest BCUT2D eigenvalue weighted by molar-refractivity contribution is 5.98. The van der Waals surface area contributed by atoms with E-state index in [-0.39, 0.29) is 5.97 Å². The van der Waals surface area contributed by atoms with Gasteiger partial charge in [-0.2, -0.15) is 5.10 Å². The third kappa shape index (κ3) is 8.90. The second-order valence-electron chi connectivity index (χ2n) is 5.85. The number of nitrogens with zero attached hydrogens (tertiary/aromatic N) is 1. The molecule has 0 atom stereocenters. The number of hydrogen-bond donors (Lipinski definition) is 1. The molecule has 0 saturated carbocycles. The van der Waals surface area contributed by atoms with Gasteiger partial charge in [-0.15, -0.1) is 0 Å².